The van der Waals surface area contributed by atoms with E-state index in [0.717, 1.165) is 25.2 Å². The van der Waals surface area contributed by atoms with Crippen LogP contribution in [0, 0.1) is 5.92 Å². The zero-order chi connectivity index (χ0) is 13.5. The van der Waals surface area contributed by atoms with Gasteiger partial charge < -0.3 is 5.32 Å². The van der Waals surface area contributed by atoms with E-state index in [0.29, 0.717) is 0 Å². The minimum absolute atomic E-state index is 0.775. The molecule has 0 saturated carbocycles. The summed E-state index contributed by atoms with van der Waals surface area (Å²) < 4.78 is 0. The zero-order valence-electron chi connectivity index (χ0n) is 12.2. The van der Waals surface area contributed by atoms with Gasteiger partial charge in [-0.05, 0) is 43.8 Å². The minimum Gasteiger partial charge on any atom is -0.359 e. The van der Waals surface area contributed by atoms with Gasteiger partial charge in [-0.15, -0.1) is 0 Å². The van der Waals surface area contributed by atoms with Crippen LogP contribution in [0.2, 0.25) is 0 Å². The first-order valence-corrected chi connectivity index (χ1v) is 7.50. The van der Waals surface area contributed by atoms with Crippen molar-refractivity contribution in [3.63, 3.8) is 0 Å². The molecule has 1 heteroatoms. The predicted molar refractivity (Wildman–Crippen MR) is 83.6 cm³/mol. The average molecular weight is 255 g/mol. The highest BCUT2D eigenvalue weighted by atomic mass is 14.9. The van der Waals surface area contributed by atoms with E-state index in [9.17, 15) is 0 Å². The van der Waals surface area contributed by atoms with Crippen molar-refractivity contribution in [2.45, 2.75) is 46.0 Å². The lowest BCUT2D eigenvalue weighted by Gasteiger charge is -2.16. The quantitative estimate of drug-likeness (QED) is 0.744. The summed E-state index contributed by atoms with van der Waals surface area (Å²) >= 11 is 0. The lowest BCUT2D eigenvalue weighted by Crippen LogP contribution is -2.14. The van der Waals surface area contributed by atoms with Crippen molar-refractivity contribution >= 4 is 0 Å². The Morgan fingerprint density at radius 1 is 1.21 bits per heavy atom. The van der Waals surface area contributed by atoms with Gasteiger partial charge in [0, 0.05) is 11.4 Å². The maximum absolute atomic E-state index is 3.60. The van der Waals surface area contributed by atoms with Gasteiger partial charge in [0.05, 0.1) is 0 Å². The summed E-state index contributed by atoms with van der Waals surface area (Å²) in [6.07, 6.45) is 21.4. The van der Waals surface area contributed by atoms with Crippen LogP contribution in [0.15, 0.2) is 59.5 Å². The molecule has 0 aromatic carbocycles. The fourth-order valence-corrected chi connectivity index (χ4v) is 2.53. The molecule has 102 valence electrons. The first-order chi connectivity index (χ1) is 9.31. The molecule has 1 atom stereocenters. The summed E-state index contributed by atoms with van der Waals surface area (Å²) in [6.45, 7) is 4.50. The van der Waals surface area contributed by atoms with Gasteiger partial charge in [-0.2, -0.15) is 0 Å². The molecular formula is C18H25N. The maximum atomic E-state index is 3.60. The van der Waals surface area contributed by atoms with Gasteiger partial charge in [-0.25, -0.2) is 0 Å². The third-order valence-corrected chi connectivity index (χ3v) is 3.94. The van der Waals surface area contributed by atoms with Crippen molar-refractivity contribution in [3.05, 3.63) is 59.5 Å². The summed E-state index contributed by atoms with van der Waals surface area (Å²) in [5.41, 5.74) is 4.07. The molecule has 2 aliphatic carbocycles. The molecule has 0 bridgehead atoms. The summed E-state index contributed by atoms with van der Waals surface area (Å²) in [6, 6.07) is 0. The van der Waals surface area contributed by atoms with E-state index in [-0.39, 0.29) is 0 Å². The summed E-state index contributed by atoms with van der Waals surface area (Å²) in [5.74, 6) is 0.775. The fourth-order valence-electron chi connectivity index (χ4n) is 2.53. The van der Waals surface area contributed by atoms with Gasteiger partial charge in [-0.3, -0.25) is 0 Å². The molecule has 0 aromatic heterocycles. The Labute approximate surface area is 117 Å². The van der Waals surface area contributed by atoms with Gasteiger partial charge >= 0.3 is 0 Å². The van der Waals surface area contributed by atoms with E-state index < -0.39 is 0 Å². The molecule has 0 aromatic rings. The van der Waals surface area contributed by atoms with E-state index >= 15 is 0 Å². The zero-order valence-corrected chi connectivity index (χ0v) is 12.2. The molecule has 19 heavy (non-hydrogen) atoms. The maximum Gasteiger partial charge on any atom is 0.0344 e. The molecule has 0 fully saturated rings. The smallest absolute Gasteiger partial charge is 0.0344 e. The molecule has 1 N–H and O–H groups in total. The van der Waals surface area contributed by atoms with Gasteiger partial charge in [0.15, 0.2) is 0 Å². The lowest BCUT2D eigenvalue weighted by molar-refractivity contribution is 0.504. The first kappa shape index (κ1) is 13.9. The SMILES string of the molecule is CCC1=CC=CC(NC2=CC=CCC(CC)C2)=CC1. The summed E-state index contributed by atoms with van der Waals surface area (Å²) in [7, 11) is 0. The molecular weight excluding hydrogens is 230 g/mol. The highest BCUT2D eigenvalue weighted by Crippen LogP contribution is 2.22. The van der Waals surface area contributed by atoms with Crippen LogP contribution in [-0.2, 0) is 0 Å². The number of allylic oxidation sites excluding steroid dienone is 9. The van der Waals surface area contributed by atoms with Crippen molar-refractivity contribution in [2.75, 3.05) is 0 Å². The van der Waals surface area contributed by atoms with Crippen molar-refractivity contribution < 1.29 is 0 Å². The van der Waals surface area contributed by atoms with E-state index in [1.807, 2.05) is 0 Å². The molecule has 0 amide bonds. The summed E-state index contributed by atoms with van der Waals surface area (Å²) in [5, 5.41) is 3.60. The van der Waals surface area contributed by atoms with Gasteiger partial charge in [-0.1, -0.05) is 56.2 Å². The first-order valence-electron chi connectivity index (χ1n) is 7.50. The second-order valence-corrected chi connectivity index (χ2v) is 5.36. The highest BCUT2D eigenvalue weighted by molar-refractivity contribution is 5.32. The third kappa shape index (κ3) is 4.27. The second kappa shape index (κ2) is 7.18. The monoisotopic (exact) mass is 255 g/mol. The van der Waals surface area contributed by atoms with E-state index in [1.165, 1.54) is 29.8 Å². The number of hydrogen-bond donors (Lipinski definition) is 1. The molecule has 0 saturated heterocycles. The highest BCUT2D eigenvalue weighted by Gasteiger charge is 2.10. The molecule has 0 heterocycles. The Balaban J connectivity index is 2.00. The van der Waals surface area contributed by atoms with Crippen LogP contribution in [0.3, 0.4) is 0 Å². The number of nitrogens with one attached hydrogen (secondary N) is 1. The molecule has 2 rings (SSSR count). The molecule has 1 unspecified atom stereocenters. The Morgan fingerprint density at radius 3 is 2.89 bits per heavy atom. The molecule has 1 nitrogen and oxygen atoms in total. The van der Waals surface area contributed by atoms with Crippen LogP contribution in [-0.4, -0.2) is 0 Å². The van der Waals surface area contributed by atoms with Gasteiger partial charge in [0.25, 0.3) is 0 Å². The van der Waals surface area contributed by atoms with Gasteiger partial charge in [0.2, 0.25) is 0 Å². The van der Waals surface area contributed by atoms with Crippen molar-refractivity contribution in [2.24, 2.45) is 5.92 Å². The topological polar surface area (TPSA) is 12.0 Å². The van der Waals surface area contributed by atoms with Crippen molar-refractivity contribution in [3.8, 4) is 0 Å². The number of rotatable bonds is 4. The number of hydrogen-bond acceptors (Lipinski definition) is 1. The van der Waals surface area contributed by atoms with Crippen LogP contribution in [0.4, 0.5) is 0 Å². The van der Waals surface area contributed by atoms with E-state index in [1.54, 1.807) is 0 Å². The van der Waals surface area contributed by atoms with Crippen LogP contribution < -0.4 is 5.32 Å². The molecule has 0 spiro atoms. The summed E-state index contributed by atoms with van der Waals surface area (Å²) in [4.78, 5) is 0. The Morgan fingerprint density at radius 2 is 2.11 bits per heavy atom. The Bertz CT molecular complexity index is 446. The minimum atomic E-state index is 0.775. The largest absolute Gasteiger partial charge is 0.359 e. The molecule has 0 radical (unpaired) electrons. The second-order valence-electron chi connectivity index (χ2n) is 5.36. The third-order valence-electron chi connectivity index (χ3n) is 3.94. The Kier molecular flexibility index (Phi) is 5.26. The van der Waals surface area contributed by atoms with Crippen molar-refractivity contribution in [1.82, 2.24) is 5.32 Å². The Hall–Kier alpha value is -1.50. The van der Waals surface area contributed by atoms with Crippen LogP contribution in [0.1, 0.15) is 46.0 Å². The van der Waals surface area contributed by atoms with E-state index in [2.05, 4.69) is 61.7 Å². The molecule has 0 aliphatic heterocycles. The van der Waals surface area contributed by atoms with Crippen LogP contribution in [0.25, 0.3) is 0 Å². The van der Waals surface area contributed by atoms with Crippen LogP contribution >= 0.6 is 0 Å². The van der Waals surface area contributed by atoms with Crippen molar-refractivity contribution in [1.29, 1.82) is 0 Å². The standard InChI is InChI=1S/C18H25N/c1-3-15-9-7-11-17(13-12-15)19-18-10-6-5-8-16(4-2)14-18/h5-7,9-11,13,16,19H,3-4,8,12,14H2,1-2H3. The predicted octanol–water partition coefficient (Wildman–Crippen LogP) is 5.02. The average Bonchev–Trinajstić information content (AvgIpc) is 2.79. The molecule has 2 aliphatic rings. The fraction of sp³-hybridized carbons (Fsp3) is 0.444. The van der Waals surface area contributed by atoms with E-state index in [4.69, 9.17) is 0 Å². The lowest BCUT2D eigenvalue weighted by atomic mass is 9.98. The van der Waals surface area contributed by atoms with Crippen LogP contribution in [0.5, 0.6) is 0 Å². The van der Waals surface area contributed by atoms with Gasteiger partial charge in [0.1, 0.15) is 0 Å². The normalized spacial score (nSPS) is 23.1.